The fraction of sp³-hybridized carbons (Fsp3) is 0.176. The molecule has 0 spiro atoms. The van der Waals surface area contributed by atoms with Crippen LogP contribution in [0.15, 0.2) is 48.5 Å². The minimum absolute atomic E-state index is 0.291. The molecule has 0 radical (unpaired) electrons. The SMILES string of the molecule is C[C@](O)(COc1ccc(F)cc1)C(=O)Nc1ccc(C#N)cc1. The van der Waals surface area contributed by atoms with Crippen LogP contribution in [-0.2, 0) is 4.79 Å². The van der Waals surface area contributed by atoms with Gasteiger partial charge in [-0.25, -0.2) is 4.39 Å². The first-order valence-electron chi connectivity index (χ1n) is 6.83. The maximum Gasteiger partial charge on any atom is 0.259 e. The Balaban J connectivity index is 1.96. The number of carbonyl (C=O) groups excluding carboxylic acids is 1. The zero-order valence-corrected chi connectivity index (χ0v) is 12.4. The highest BCUT2D eigenvalue weighted by Gasteiger charge is 2.31. The van der Waals surface area contributed by atoms with Crippen LogP contribution in [-0.4, -0.2) is 23.2 Å². The first-order valence-corrected chi connectivity index (χ1v) is 6.83. The smallest absolute Gasteiger partial charge is 0.259 e. The molecule has 0 fully saturated rings. The molecule has 23 heavy (non-hydrogen) atoms. The van der Waals surface area contributed by atoms with Crippen LogP contribution in [0.4, 0.5) is 10.1 Å². The molecule has 5 nitrogen and oxygen atoms in total. The maximum atomic E-state index is 12.8. The number of amides is 1. The number of hydrogen-bond acceptors (Lipinski definition) is 4. The third-order valence-electron chi connectivity index (χ3n) is 3.09. The predicted octanol–water partition coefficient (Wildman–Crippen LogP) is 2.47. The molecule has 0 heterocycles. The molecule has 2 N–H and O–H groups in total. The van der Waals surface area contributed by atoms with E-state index in [0.29, 0.717) is 17.0 Å². The van der Waals surface area contributed by atoms with Crippen molar-refractivity contribution < 1.29 is 19.0 Å². The summed E-state index contributed by atoms with van der Waals surface area (Å²) < 4.78 is 18.1. The molecule has 1 atom stereocenters. The third kappa shape index (κ3) is 4.53. The molecule has 2 aromatic rings. The van der Waals surface area contributed by atoms with E-state index in [0.717, 1.165) is 0 Å². The standard InChI is InChI=1S/C17H15FN2O3/c1-17(22,11-23-15-8-4-13(18)5-9-15)16(21)20-14-6-2-12(10-19)3-7-14/h2-9,22H,11H2,1H3,(H,20,21)/t17-/m0/s1. The molecule has 0 bridgehead atoms. The number of halogens is 1. The average molecular weight is 314 g/mol. The van der Waals surface area contributed by atoms with Crippen molar-refractivity contribution in [3.63, 3.8) is 0 Å². The molecule has 6 heteroatoms. The van der Waals surface area contributed by atoms with Gasteiger partial charge in [-0.3, -0.25) is 4.79 Å². The average Bonchev–Trinajstić information content (AvgIpc) is 2.55. The highest BCUT2D eigenvalue weighted by Crippen LogP contribution is 2.16. The van der Waals surface area contributed by atoms with Gasteiger partial charge in [0.05, 0.1) is 11.6 Å². The summed E-state index contributed by atoms with van der Waals surface area (Å²) in [4.78, 5) is 12.1. The van der Waals surface area contributed by atoms with Crippen LogP contribution in [0.3, 0.4) is 0 Å². The number of benzene rings is 2. The summed E-state index contributed by atoms with van der Waals surface area (Å²) in [6, 6.07) is 13.5. The molecule has 0 saturated carbocycles. The molecular weight excluding hydrogens is 299 g/mol. The Morgan fingerprint density at radius 2 is 1.87 bits per heavy atom. The van der Waals surface area contributed by atoms with Gasteiger partial charge >= 0.3 is 0 Å². The number of nitrogens with zero attached hydrogens (tertiary/aromatic N) is 1. The topological polar surface area (TPSA) is 82.3 Å². The van der Waals surface area contributed by atoms with Gasteiger partial charge < -0.3 is 15.2 Å². The van der Waals surface area contributed by atoms with Crippen molar-refractivity contribution in [1.82, 2.24) is 0 Å². The Kier molecular flexibility index (Phi) is 4.94. The molecule has 0 aliphatic heterocycles. The number of ether oxygens (including phenoxy) is 1. The second kappa shape index (κ2) is 6.90. The maximum absolute atomic E-state index is 12.8. The van der Waals surface area contributed by atoms with Crippen molar-refractivity contribution in [3.05, 3.63) is 59.9 Å². The van der Waals surface area contributed by atoms with Crippen molar-refractivity contribution in [2.24, 2.45) is 0 Å². The second-order valence-corrected chi connectivity index (χ2v) is 5.16. The van der Waals surface area contributed by atoms with E-state index in [-0.39, 0.29) is 6.61 Å². The zero-order chi connectivity index (χ0) is 16.9. The van der Waals surface area contributed by atoms with Gasteiger partial charge in [-0.2, -0.15) is 5.26 Å². The number of hydrogen-bond donors (Lipinski definition) is 2. The zero-order valence-electron chi connectivity index (χ0n) is 12.4. The predicted molar refractivity (Wildman–Crippen MR) is 82.3 cm³/mol. The van der Waals surface area contributed by atoms with Crippen molar-refractivity contribution >= 4 is 11.6 Å². The van der Waals surface area contributed by atoms with Crippen LogP contribution in [0.5, 0.6) is 5.75 Å². The van der Waals surface area contributed by atoms with Crippen LogP contribution < -0.4 is 10.1 Å². The van der Waals surface area contributed by atoms with Crippen LogP contribution in [0.1, 0.15) is 12.5 Å². The Morgan fingerprint density at radius 3 is 2.43 bits per heavy atom. The van der Waals surface area contributed by atoms with E-state index in [1.54, 1.807) is 24.3 Å². The van der Waals surface area contributed by atoms with E-state index in [9.17, 15) is 14.3 Å². The van der Waals surface area contributed by atoms with Gasteiger partial charge in [0.15, 0.2) is 5.60 Å². The number of anilines is 1. The van der Waals surface area contributed by atoms with E-state index < -0.39 is 17.3 Å². The summed E-state index contributed by atoms with van der Waals surface area (Å²) in [6.45, 7) is 1.02. The van der Waals surface area contributed by atoms with Gasteiger partial charge in [0, 0.05) is 5.69 Å². The van der Waals surface area contributed by atoms with E-state index >= 15 is 0 Å². The Morgan fingerprint density at radius 1 is 1.26 bits per heavy atom. The molecule has 0 aliphatic carbocycles. The normalized spacial score (nSPS) is 12.8. The minimum atomic E-state index is -1.78. The summed E-state index contributed by atoms with van der Waals surface area (Å²) in [5.41, 5.74) is -0.854. The lowest BCUT2D eigenvalue weighted by Crippen LogP contribution is -2.45. The minimum Gasteiger partial charge on any atom is -0.490 e. The van der Waals surface area contributed by atoms with Gasteiger partial charge in [0.2, 0.25) is 0 Å². The van der Waals surface area contributed by atoms with Gasteiger partial charge in [-0.1, -0.05) is 0 Å². The highest BCUT2D eigenvalue weighted by molar-refractivity contribution is 5.97. The quantitative estimate of drug-likeness (QED) is 0.888. The molecule has 2 aromatic carbocycles. The molecule has 0 saturated heterocycles. The largest absolute Gasteiger partial charge is 0.490 e. The summed E-state index contributed by atoms with van der Waals surface area (Å²) in [7, 11) is 0. The van der Waals surface area contributed by atoms with Crippen LogP contribution in [0.2, 0.25) is 0 Å². The molecule has 0 unspecified atom stereocenters. The second-order valence-electron chi connectivity index (χ2n) is 5.16. The fourth-order valence-corrected chi connectivity index (χ4v) is 1.71. The molecular formula is C17H15FN2O3. The van der Waals surface area contributed by atoms with Crippen molar-refractivity contribution in [1.29, 1.82) is 5.26 Å². The monoisotopic (exact) mass is 314 g/mol. The van der Waals surface area contributed by atoms with Crippen molar-refractivity contribution in [2.45, 2.75) is 12.5 Å². The fourth-order valence-electron chi connectivity index (χ4n) is 1.71. The molecule has 118 valence electrons. The third-order valence-corrected chi connectivity index (χ3v) is 3.09. The Hall–Kier alpha value is -2.91. The summed E-state index contributed by atoms with van der Waals surface area (Å²) in [6.07, 6.45) is 0. The van der Waals surface area contributed by atoms with Gasteiger partial charge in [-0.15, -0.1) is 0 Å². The highest BCUT2D eigenvalue weighted by atomic mass is 19.1. The molecule has 1 amide bonds. The summed E-state index contributed by atoms with van der Waals surface area (Å²) >= 11 is 0. The lowest BCUT2D eigenvalue weighted by Gasteiger charge is -2.22. The summed E-state index contributed by atoms with van der Waals surface area (Å²) in [5.74, 6) is -0.704. The summed E-state index contributed by atoms with van der Waals surface area (Å²) in [5, 5.41) is 21.5. The van der Waals surface area contributed by atoms with Gasteiger partial charge in [0.1, 0.15) is 18.2 Å². The van der Waals surface area contributed by atoms with Crippen molar-refractivity contribution in [2.75, 3.05) is 11.9 Å². The Labute approximate surface area is 132 Å². The first kappa shape index (κ1) is 16.5. The van der Waals surface area contributed by atoms with E-state index in [4.69, 9.17) is 10.00 Å². The van der Waals surface area contributed by atoms with Crippen LogP contribution in [0, 0.1) is 17.1 Å². The van der Waals surface area contributed by atoms with Gasteiger partial charge in [-0.05, 0) is 55.5 Å². The lowest BCUT2D eigenvalue weighted by molar-refractivity contribution is -0.135. The van der Waals surface area contributed by atoms with E-state index in [1.807, 2.05) is 6.07 Å². The number of aliphatic hydroxyl groups is 1. The number of rotatable bonds is 5. The lowest BCUT2D eigenvalue weighted by atomic mass is 10.1. The number of nitriles is 1. The van der Waals surface area contributed by atoms with E-state index in [1.165, 1.54) is 31.2 Å². The van der Waals surface area contributed by atoms with E-state index in [2.05, 4.69) is 5.32 Å². The Bertz CT molecular complexity index is 719. The number of carbonyl (C=O) groups is 1. The van der Waals surface area contributed by atoms with Crippen LogP contribution in [0.25, 0.3) is 0 Å². The number of nitrogens with one attached hydrogen (secondary N) is 1. The van der Waals surface area contributed by atoms with Crippen molar-refractivity contribution in [3.8, 4) is 11.8 Å². The molecule has 0 aliphatic rings. The van der Waals surface area contributed by atoms with Crippen LogP contribution >= 0.6 is 0 Å². The molecule has 0 aromatic heterocycles. The molecule has 2 rings (SSSR count). The van der Waals surface area contributed by atoms with Gasteiger partial charge in [0.25, 0.3) is 5.91 Å². The first-order chi connectivity index (χ1) is 10.9.